The highest BCUT2D eigenvalue weighted by Gasteiger charge is 2.03. The maximum absolute atomic E-state index is 5.71. The molecule has 0 amide bonds. The van der Waals surface area contributed by atoms with Gasteiger partial charge in [0.2, 0.25) is 0 Å². The van der Waals surface area contributed by atoms with Gasteiger partial charge in [-0.05, 0) is 50.1 Å². The van der Waals surface area contributed by atoms with Crippen LogP contribution in [0.1, 0.15) is 18.9 Å². The summed E-state index contributed by atoms with van der Waals surface area (Å²) in [5.41, 5.74) is 13.1. The summed E-state index contributed by atoms with van der Waals surface area (Å²) in [6.07, 6.45) is 1.89. The molecule has 0 fully saturated rings. The first kappa shape index (κ1) is 10.9. The zero-order valence-electron chi connectivity index (χ0n) is 8.62. The van der Waals surface area contributed by atoms with Gasteiger partial charge >= 0.3 is 0 Å². The minimum absolute atomic E-state index is 0.680. The number of ether oxygens (including phenoxy) is 1. The first-order chi connectivity index (χ1) is 6.77. The van der Waals surface area contributed by atoms with Gasteiger partial charge in [0.05, 0.1) is 6.61 Å². The number of anilines is 1. The molecule has 1 aromatic rings. The summed E-state index contributed by atoms with van der Waals surface area (Å²) >= 11 is 0. The minimum atomic E-state index is 0.680. The van der Waals surface area contributed by atoms with E-state index in [1.807, 2.05) is 25.1 Å². The van der Waals surface area contributed by atoms with Crippen molar-refractivity contribution in [3.05, 3.63) is 23.8 Å². The Hall–Kier alpha value is -1.22. The van der Waals surface area contributed by atoms with Gasteiger partial charge < -0.3 is 16.2 Å². The Morgan fingerprint density at radius 3 is 2.79 bits per heavy atom. The van der Waals surface area contributed by atoms with Crippen LogP contribution in [0.3, 0.4) is 0 Å². The largest absolute Gasteiger partial charge is 0.494 e. The van der Waals surface area contributed by atoms with Crippen molar-refractivity contribution < 1.29 is 4.74 Å². The van der Waals surface area contributed by atoms with E-state index < -0.39 is 0 Å². The third-order valence-electron chi connectivity index (χ3n) is 2.03. The van der Waals surface area contributed by atoms with Crippen molar-refractivity contribution in [3.8, 4) is 5.75 Å². The average molecular weight is 194 g/mol. The molecule has 0 saturated heterocycles. The quantitative estimate of drug-likeness (QED) is 0.699. The molecule has 0 atom stereocenters. The van der Waals surface area contributed by atoms with E-state index in [2.05, 4.69) is 0 Å². The highest BCUT2D eigenvalue weighted by atomic mass is 16.5. The Kier molecular flexibility index (Phi) is 4.26. The maximum Gasteiger partial charge on any atom is 0.122 e. The van der Waals surface area contributed by atoms with E-state index in [0.29, 0.717) is 13.2 Å². The van der Waals surface area contributed by atoms with Gasteiger partial charge in [0.15, 0.2) is 0 Å². The topological polar surface area (TPSA) is 61.3 Å². The fourth-order valence-corrected chi connectivity index (χ4v) is 1.38. The van der Waals surface area contributed by atoms with Gasteiger partial charge in [0.25, 0.3) is 0 Å². The number of nitrogens with two attached hydrogens (primary N) is 2. The lowest BCUT2D eigenvalue weighted by Gasteiger charge is -2.10. The standard InChI is InChI=1S/C11H18N2O/c1-2-14-11-6-5-10(13)8-9(11)4-3-7-12/h5-6,8H,2-4,7,12-13H2,1H3. The van der Waals surface area contributed by atoms with Crippen molar-refractivity contribution in [1.82, 2.24) is 0 Å². The van der Waals surface area contributed by atoms with E-state index in [9.17, 15) is 0 Å². The molecular weight excluding hydrogens is 176 g/mol. The Labute approximate surface area is 85.0 Å². The lowest BCUT2D eigenvalue weighted by molar-refractivity contribution is 0.336. The molecule has 0 saturated carbocycles. The summed E-state index contributed by atoms with van der Waals surface area (Å²) in [5, 5.41) is 0. The number of nitrogen functional groups attached to an aromatic ring is 1. The second-order valence-electron chi connectivity index (χ2n) is 3.19. The normalized spacial score (nSPS) is 10.1. The van der Waals surface area contributed by atoms with Crippen molar-refractivity contribution in [3.63, 3.8) is 0 Å². The molecule has 0 unspecified atom stereocenters. The molecule has 4 N–H and O–H groups in total. The van der Waals surface area contributed by atoms with Crippen molar-refractivity contribution in [2.75, 3.05) is 18.9 Å². The van der Waals surface area contributed by atoms with Crippen LogP contribution in [-0.4, -0.2) is 13.2 Å². The van der Waals surface area contributed by atoms with Gasteiger partial charge in [0, 0.05) is 5.69 Å². The van der Waals surface area contributed by atoms with Gasteiger partial charge in [0.1, 0.15) is 5.75 Å². The molecule has 0 aliphatic heterocycles. The molecule has 0 radical (unpaired) electrons. The summed E-state index contributed by atoms with van der Waals surface area (Å²) in [6.45, 7) is 3.35. The molecule has 0 aromatic heterocycles. The zero-order valence-corrected chi connectivity index (χ0v) is 8.62. The molecule has 0 heterocycles. The molecule has 3 nitrogen and oxygen atoms in total. The molecule has 1 aromatic carbocycles. The molecule has 1 rings (SSSR count). The van der Waals surface area contributed by atoms with E-state index >= 15 is 0 Å². The summed E-state index contributed by atoms with van der Waals surface area (Å²) in [6, 6.07) is 5.74. The Morgan fingerprint density at radius 2 is 2.14 bits per heavy atom. The molecule has 0 aliphatic rings. The summed E-state index contributed by atoms with van der Waals surface area (Å²) in [4.78, 5) is 0. The predicted octanol–water partition coefficient (Wildman–Crippen LogP) is 1.56. The number of hydrogen-bond donors (Lipinski definition) is 2. The fourth-order valence-electron chi connectivity index (χ4n) is 1.38. The van der Waals surface area contributed by atoms with Crippen molar-refractivity contribution in [2.24, 2.45) is 5.73 Å². The van der Waals surface area contributed by atoms with Crippen LogP contribution in [0, 0.1) is 0 Å². The zero-order chi connectivity index (χ0) is 10.4. The van der Waals surface area contributed by atoms with E-state index in [4.69, 9.17) is 16.2 Å². The van der Waals surface area contributed by atoms with E-state index in [0.717, 1.165) is 29.8 Å². The first-order valence-corrected chi connectivity index (χ1v) is 4.99. The summed E-state index contributed by atoms with van der Waals surface area (Å²) < 4.78 is 5.49. The Bertz CT molecular complexity index is 287. The van der Waals surface area contributed by atoms with Gasteiger partial charge in [-0.15, -0.1) is 0 Å². The van der Waals surface area contributed by atoms with Crippen molar-refractivity contribution in [1.29, 1.82) is 0 Å². The van der Waals surface area contributed by atoms with E-state index in [-0.39, 0.29) is 0 Å². The van der Waals surface area contributed by atoms with Gasteiger partial charge in [-0.25, -0.2) is 0 Å². The molecule has 0 bridgehead atoms. The van der Waals surface area contributed by atoms with Gasteiger partial charge in [-0.1, -0.05) is 0 Å². The number of benzene rings is 1. The first-order valence-electron chi connectivity index (χ1n) is 4.99. The highest BCUT2D eigenvalue weighted by molar-refractivity contribution is 5.47. The lowest BCUT2D eigenvalue weighted by Crippen LogP contribution is -2.03. The third kappa shape index (κ3) is 2.92. The van der Waals surface area contributed by atoms with Crippen LogP contribution >= 0.6 is 0 Å². The fraction of sp³-hybridized carbons (Fsp3) is 0.455. The van der Waals surface area contributed by atoms with Crippen molar-refractivity contribution in [2.45, 2.75) is 19.8 Å². The van der Waals surface area contributed by atoms with Gasteiger partial charge in [-0.2, -0.15) is 0 Å². The Balaban J connectivity index is 2.79. The van der Waals surface area contributed by atoms with Crippen LogP contribution in [0.2, 0.25) is 0 Å². The maximum atomic E-state index is 5.71. The second kappa shape index (κ2) is 5.50. The number of hydrogen-bond acceptors (Lipinski definition) is 3. The summed E-state index contributed by atoms with van der Waals surface area (Å²) in [7, 11) is 0. The number of aryl methyl sites for hydroxylation is 1. The highest BCUT2D eigenvalue weighted by Crippen LogP contribution is 2.22. The molecule has 0 aliphatic carbocycles. The third-order valence-corrected chi connectivity index (χ3v) is 2.03. The molecular formula is C11H18N2O. The van der Waals surface area contributed by atoms with Crippen LogP contribution in [0.4, 0.5) is 5.69 Å². The molecule has 0 spiro atoms. The minimum Gasteiger partial charge on any atom is -0.494 e. The van der Waals surface area contributed by atoms with E-state index in [1.165, 1.54) is 0 Å². The summed E-state index contributed by atoms with van der Waals surface area (Å²) in [5.74, 6) is 0.926. The SMILES string of the molecule is CCOc1ccc(N)cc1CCCN. The van der Waals surface area contributed by atoms with Crippen LogP contribution in [0.25, 0.3) is 0 Å². The predicted molar refractivity (Wildman–Crippen MR) is 59.4 cm³/mol. The van der Waals surface area contributed by atoms with Gasteiger partial charge in [-0.3, -0.25) is 0 Å². The Morgan fingerprint density at radius 1 is 1.36 bits per heavy atom. The smallest absolute Gasteiger partial charge is 0.122 e. The van der Waals surface area contributed by atoms with Crippen LogP contribution in [0.5, 0.6) is 5.75 Å². The van der Waals surface area contributed by atoms with Crippen molar-refractivity contribution >= 4 is 5.69 Å². The van der Waals surface area contributed by atoms with E-state index in [1.54, 1.807) is 0 Å². The molecule has 78 valence electrons. The number of rotatable bonds is 5. The van der Waals surface area contributed by atoms with Crippen LogP contribution in [0.15, 0.2) is 18.2 Å². The second-order valence-corrected chi connectivity index (χ2v) is 3.19. The lowest BCUT2D eigenvalue weighted by atomic mass is 10.1. The van der Waals surface area contributed by atoms with Crippen LogP contribution < -0.4 is 16.2 Å². The molecule has 3 heteroatoms. The average Bonchev–Trinajstić information content (AvgIpc) is 2.18. The van der Waals surface area contributed by atoms with Crippen LogP contribution in [-0.2, 0) is 6.42 Å². The monoisotopic (exact) mass is 194 g/mol. The molecule has 14 heavy (non-hydrogen) atoms.